The van der Waals surface area contributed by atoms with Crippen molar-refractivity contribution in [2.75, 3.05) is 5.32 Å². The summed E-state index contributed by atoms with van der Waals surface area (Å²) in [6.45, 7) is 2.22. The lowest BCUT2D eigenvalue weighted by Crippen LogP contribution is -2.34. The number of halogens is 2. The second kappa shape index (κ2) is 8.68. The first kappa shape index (κ1) is 20.7. The van der Waals surface area contributed by atoms with Crippen LogP contribution in [0, 0.1) is 0 Å². The summed E-state index contributed by atoms with van der Waals surface area (Å²) in [5, 5.41) is 6.46. The standard InChI is InChI=1S/C22H20Cl2N4OS/c1-22(24)12-15(8-11-19(22)23)26-21(30)25-14-6-9-16(10-7-14)29-13-20-27-17-4-2-3-5-18(17)28-20/h2-12,19H,13H2,1H3,(H,27,28)(H2,25,26,30). The number of anilines is 1. The molecule has 30 heavy (non-hydrogen) atoms. The molecule has 2 atom stereocenters. The van der Waals surface area contributed by atoms with Gasteiger partial charge in [-0.1, -0.05) is 18.2 Å². The molecule has 2 aromatic carbocycles. The number of hydrogen-bond donors (Lipinski definition) is 3. The van der Waals surface area contributed by atoms with E-state index in [0.29, 0.717) is 11.7 Å². The van der Waals surface area contributed by atoms with E-state index in [9.17, 15) is 0 Å². The van der Waals surface area contributed by atoms with Crippen molar-refractivity contribution in [3.63, 3.8) is 0 Å². The van der Waals surface area contributed by atoms with Gasteiger partial charge in [-0.15, -0.1) is 23.2 Å². The molecule has 8 heteroatoms. The van der Waals surface area contributed by atoms with Crippen LogP contribution in [0.4, 0.5) is 5.69 Å². The number of aromatic nitrogens is 2. The van der Waals surface area contributed by atoms with Crippen molar-refractivity contribution in [3.8, 4) is 5.75 Å². The molecule has 4 rings (SSSR count). The number of ether oxygens (including phenoxy) is 1. The maximum absolute atomic E-state index is 6.39. The Labute approximate surface area is 190 Å². The molecule has 0 spiro atoms. The number of alkyl halides is 2. The van der Waals surface area contributed by atoms with Gasteiger partial charge in [-0.3, -0.25) is 0 Å². The van der Waals surface area contributed by atoms with E-state index in [1.807, 2.05) is 73.7 Å². The van der Waals surface area contributed by atoms with Crippen LogP contribution in [0.5, 0.6) is 5.75 Å². The van der Waals surface area contributed by atoms with Crippen LogP contribution >= 0.6 is 35.4 Å². The predicted molar refractivity (Wildman–Crippen MR) is 127 cm³/mol. The topological polar surface area (TPSA) is 62.0 Å². The highest BCUT2D eigenvalue weighted by Crippen LogP contribution is 2.31. The van der Waals surface area contributed by atoms with E-state index in [-0.39, 0.29) is 5.38 Å². The van der Waals surface area contributed by atoms with E-state index in [1.54, 1.807) is 0 Å². The van der Waals surface area contributed by atoms with Crippen LogP contribution < -0.4 is 15.4 Å². The van der Waals surface area contributed by atoms with Crippen LogP contribution in [0.1, 0.15) is 12.7 Å². The first-order chi connectivity index (χ1) is 14.4. The maximum Gasteiger partial charge on any atom is 0.175 e. The van der Waals surface area contributed by atoms with Gasteiger partial charge < -0.3 is 20.4 Å². The zero-order valence-corrected chi connectivity index (χ0v) is 18.5. The van der Waals surface area contributed by atoms with Crippen LogP contribution in [-0.2, 0) is 6.61 Å². The highest BCUT2D eigenvalue weighted by Gasteiger charge is 2.29. The molecule has 0 saturated carbocycles. The van der Waals surface area contributed by atoms with Gasteiger partial charge in [-0.05, 0) is 67.7 Å². The Hall–Kier alpha value is -2.54. The van der Waals surface area contributed by atoms with Gasteiger partial charge in [-0.2, -0.15) is 0 Å². The number of nitrogens with one attached hydrogen (secondary N) is 3. The molecule has 0 aliphatic heterocycles. The molecule has 0 saturated heterocycles. The van der Waals surface area contributed by atoms with Gasteiger partial charge in [0.2, 0.25) is 0 Å². The summed E-state index contributed by atoms with van der Waals surface area (Å²) in [5.74, 6) is 1.52. The Balaban J connectivity index is 1.31. The van der Waals surface area contributed by atoms with Crippen molar-refractivity contribution in [1.29, 1.82) is 0 Å². The number of allylic oxidation sites excluding steroid dienone is 3. The highest BCUT2D eigenvalue weighted by atomic mass is 35.5. The molecule has 0 amide bonds. The third-order valence-electron chi connectivity index (χ3n) is 4.61. The Morgan fingerprint density at radius 3 is 2.70 bits per heavy atom. The van der Waals surface area contributed by atoms with E-state index in [0.717, 1.165) is 34.0 Å². The van der Waals surface area contributed by atoms with E-state index in [4.69, 9.17) is 40.2 Å². The van der Waals surface area contributed by atoms with E-state index in [2.05, 4.69) is 20.6 Å². The average Bonchev–Trinajstić information content (AvgIpc) is 3.13. The number of para-hydroxylation sites is 2. The van der Waals surface area contributed by atoms with Crippen LogP contribution in [0.25, 0.3) is 11.0 Å². The number of fused-ring (bicyclic) bond motifs is 1. The lowest BCUT2D eigenvalue weighted by atomic mass is 10.00. The van der Waals surface area contributed by atoms with Gasteiger partial charge in [0, 0.05) is 11.4 Å². The number of imidazole rings is 1. The lowest BCUT2D eigenvalue weighted by molar-refractivity contribution is 0.297. The molecule has 0 bridgehead atoms. The first-order valence-electron chi connectivity index (χ1n) is 9.37. The molecule has 154 valence electrons. The zero-order valence-electron chi connectivity index (χ0n) is 16.2. The third kappa shape index (κ3) is 4.95. The molecule has 0 radical (unpaired) electrons. The molecule has 2 unspecified atom stereocenters. The van der Waals surface area contributed by atoms with Crippen LogP contribution in [0.15, 0.2) is 72.5 Å². The van der Waals surface area contributed by atoms with Gasteiger partial charge in [0.1, 0.15) is 18.2 Å². The lowest BCUT2D eigenvalue weighted by Gasteiger charge is -2.26. The number of thiocarbonyl (C=S) groups is 1. The average molecular weight is 459 g/mol. The van der Waals surface area contributed by atoms with Crippen molar-refractivity contribution in [2.24, 2.45) is 0 Å². The zero-order chi connectivity index (χ0) is 21.1. The molecule has 1 heterocycles. The summed E-state index contributed by atoms with van der Waals surface area (Å²) in [6.07, 6.45) is 5.56. The first-order valence-corrected chi connectivity index (χ1v) is 10.6. The fourth-order valence-electron chi connectivity index (χ4n) is 3.04. The van der Waals surface area contributed by atoms with Crippen molar-refractivity contribution < 1.29 is 4.74 Å². The summed E-state index contributed by atoms with van der Waals surface area (Å²) in [5.41, 5.74) is 3.56. The number of rotatable bonds is 5. The van der Waals surface area contributed by atoms with Gasteiger partial charge in [0.15, 0.2) is 5.11 Å². The van der Waals surface area contributed by atoms with Crippen molar-refractivity contribution in [2.45, 2.75) is 23.8 Å². The summed E-state index contributed by atoms with van der Waals surface area (Å²) in [4.78, 5) is 7.10. The monoisotopic (exact) mass is 458 g/mol. The molecule has 1 aliphatic rings. The SMILES string of the molecule is CC1(Cl)C=C(NC(=S)Nc2ccc(OCc3nc4ccccc4[nH]3)cc2)C=CC1Cl. The third-order valence-corrected chi connectivity index (χ3v) is 5.86. The van der Waals surface area contributed by atoms with Gasteiger partial charge in [0.25, 0.3) is 0 Å². The number of H-pyrrole nitrogens is 1. The Morgan fingerprint density at radius 2 is 1.97 bits per heavy atom. The van der Waals surface area contributed by atoms with Gasteiger partial charge in [0.05, 0.1) is 21.3 Å². The number of aromatic amines is 1. The minimum atomic E-state index is -0.660. The fourth-order valence-corrected chi connectivity index (χ4v) is 3.60. The highest BCUT2D eigenvalue weighted by molar-refractivity contribution is 7.80. The van der Waals surface area contributed by atoms with Gasteiger partial charge in [-0.25, -0.2) is 4.98 Å². The van der Waals surface area contributed by atoms with E-state index >= 15 is 0 Å². The second-order valence-corrected chi connectivity index (χ2v) is 8.80. The van der Waals surface area contributed by atoms with Gasteiger partial charge >= 0.3 is 0 Å². The van der Waals surface area contributed by atoms with Crippen molar-refractivity contribution >= 4 is 57.3 Å². The van der Waals surface area contributed by atoms with Crippen LogP contribution in [-0.4, -0.2) is 25.3 Å². The second-order valence-electron chi connectivity index (χ2n) is 7.10. The van der Waals surface area contributed by atoms with Crippen molar-refractivity contribution in [1.82, 2.24) is 15.3 Å². The predicted octanol–water partition coefficient (Wildman–Crippen LogP) is 5.49. The summed E-state index contributed by atoms with van der Waals surface area (Å²) < 4.78 is 5.82. The van der Waals surface area contributed by atoms with Crippen LogP contribution in [0.3, 0.4) is 0 Å². The molecule has 0 fully saturated rings. The Morgan fingerprint density at radius 1 is 1.20 bits per heavy atom. The Bertz CT molecular complexity index is 1090. The molecule has 3 aromatic rings. The maximum atomic E-state index is 6.39. The normalized spacial score (nSPS) is 20.6. The van der Waals surface area contributed by atoms with Crippen LogP contribution in [0.2, 0.25) is 0 Å². The summed E-state index contributed by atoms with van der Waals surface area (Å²) in [7, 11) is 0. The van der Waals surface area contributed by atoms with E-state index < -0.39 is 4.87 Å². The summed E-state index contributed by atoms with van der Waals surface area (Å²) in [6, 6.07) is 15.4. The number of hydrogen-bond acceptors (Lipinski definition) is 3. The molecular formula is C22H20Cl2N4OS. The number of nitrogens with zero attached hydrogens (tertiary/aromatic N) is 1. The molecule has 5 nitrogen and oxygen atoms in total. The van der Waals surface area contributed by atoms with E-state index in [1.165, 1.54) is 0 Å². The minimum absolute atomic E-state index is 0.265. The smallest absolute Gasteiger partial charge is 0.175 e. The molecular weight excluding hydrogens is 439 g/mol. The quantitative estimate of drug-likeness (QED) is 0.348. The largest absolute Gasteiger partial charge is 0.486 e. The molecule has 1 aliphatic carbocycles. The fraction of sp³-hybridized carbons (Fsp3) is 0.182. The summed E-state index contributed by atoms with van der Waals surface area (Å²) >= 11 is 18.0. The number of benzene rings is 2. The minimum Gasteiger partial charge on any atom is -0.486 e. The Kier molecular flexibility index (Phi) is 5.99. The molecule has 3 N–H and O–H groups in total. The molecule has 1 aromatic heterocycles. The van der Waals surface area contributed by atoms with Crippen molar-refractivity contribution in [3.05, 3.63) is 78.3 Å².